The van der Waals surface area contributed by atoms with Crippen molar-refractivity contribution in [1.29, 1.82) is 0 Å². The summed E-state index contributed by atoms with van der Waals surface area (Å²) in [6, 6.07) is 1.51. The smallest absolute Gasteiger partial charge is 0.306 e. The molecule has 0 aliphatic carbocycles. The van der Waals surface area contributed by atoms with Crippen LogP contribution in [-0.2, 0) is 4.79 Å². The lowest BCUT2D eigenvalue weighted by atomic mass is 10.2. The summed E-state index contributed by atoms with van der Waals surface area (Å²) in [5.41, 5.74) is 0.259. The van der Waals surface area contributed by atoms with E-state index in [-0.39, 0.29) is 12.1 Å². The molecule has 1 aromatic heterocycles. The van der Waals surface area contributed by atoms with Crippen molar-refractivity contribution in [3.05, 3.63) is 17.5 Å². The Morgan fingerprint density at radius 3 is 2.92 bits per heavy atom. The number of aliphatic carboxylic acids is 1. The van der Waals surface area contributed by atoms with Gasteiger partial charge in [-0.2, -0.15) is 0 Å². The first-order valence-electron chi connectivity index (χ1n) is 3.42. The first-order chi connectivity index (χ1) is 5.59. The number of carbonyl (C=O) groups is 1. The van der Waals surface area contributed by atoms with E-state index in [9.17, 15) is 9.90 Å². The Morgan fingerprint density at radius 2 is 2.50 bits per heavy atom. The number of aliphatic hydroxyl groups is 1. The Hall–Kier alpha value is -1.36. The van der Waals surface area contributed by atoms with Gasteiger partial charge in [-0.15, -0.1) is 0 Å². The maximum Gasteiger partial charge on any atom is 0.306 e. The van der Waals surface area contributed by atoms with Gasteiger partial charge in [0, 0.05) is 6.07 Å². The van der Waals surface area contributed by atoms with Crippen molar-refractivity contribution in [3.63, 3.8) is 0 Å². The predicted octanol–water partition coefficient (Wildman–Crippen LogP) is 0.491. The third kappa shape index (κ3) is 2.06. The van der Waals surface area contributed by atoms with Crippen molar-refractivity contribution < 1.29 is 19.5 Å². The number of carboxylic acid groups (broad SMARTS) is 1. The number of aromatic nitrogens is 1. The number of aryl methyl sites for hydroxylation is 1. The van der Waals surface area contributed by atoms with Gasteiger partial charge in [0.1, 0.15) is 17.6 Å². The minimum atomic E-state index is -1.08. The summed E-state index contributed by atoms with van der Waals surface area (Å²) in [5.74, 6) is -0.516. The summed E-state index contributed by atoms with van der Waals surface area (Å²) in [6.45, 7) is 1.67. The minimum absolute atomic E-state index is 0.259. The molecule has 1 heterocycles. The Labute approximate surface area is 68.6 Å². The fourth-order valence-corrected chi connectivity index (χ4v) is 0.813. The van der Waals surface area contributed by atoms with Crippen molar-refractivity contribution in [2.24, 2.45) is 0 Å². The fraction of sp³-hybridized carbons (Fsp3) is 0.429. The fourth-order valence-electron chi connectivity index (χ4n) is 0.813. The van der Waals surface area contributed by atoms with E-state index in [1.165, 1.54) is 6.07 Å². The normalized spacial score (nSPS) is 12.8. The molecule has 0 aliphatic heterocycles. The van der Waals surface area contributed by atoms with E-state index in [4.69, 9.17) is 5.11 Å². The molecule has 0 bridgehead atoms. The second-order valence-corrected chi connectivity index (χ2v) is 2.48. The molecule has 0 saturated carbocycles. The highest BCUT2D eigenvalue weighted by atomic mass is 16.5. The predicted molar refractivity (Wildman–Crippen MR) is 38.5 cm³/mol. The standard InChI is InChI=1S/C7H9NO4/c1-4-2-5(8-12-4)6(9)3-7(10)11/h2,6,9H,3H2,1H3,(H,10,11)/t6-/m1/s1. The third-order valence-corrected chi connectivity index (χ3v) is 1.36. The average molecular weight is 171 g/mol. The monoisotopic (exact) mass is 171 g/mol. The van der Waals surface area contributed by atoms with Crippen LogP contribution in [0.25, 0.3) is 0 Å². The highest BCUT2D eigenvalue weighted by Crippen LogP contribution is 2.15. The van der Waals surface area contributed by atoms with E-state index in [0.717, 1.165) is 0 Å². The maximum absolute atomic E-state index is 10.2. The molecule has 0 spiro atoms. The van der Waals surface area contributed by atoms with Gasteiger partial charge in [0.15, 0.2) is 0 Å². The van der Waals surface area contributed by atoms with Crippen molar-refractivity contribution in [2.45, 2.75) is 19.4 Å². The summed E-state index contributed by atoms with van der Waals surface area (Å²) >= 11 is 0. The topological polar surface area (TPSA) is 83.6 Å². The zero-order valence-electron chi connectivity index (χ0n) is 6.52. The number of rotatable bonds is 3. The van der Waals surface area contributed by atoms with E-state index < -0.39 is 12.1 Å². The first-order valence-corrected chi connectivity index (χ1v) is 3.42. The molecule has 66 valence electrons. The average Bonchev–Trinajstić information content (AvgIpc) is 2.34. The van der Waals surface area contributed by atoms with Crippen LogP contribution in [-0.4, -0.2) is 21.3 Å². The second-order valence-electron chi connectivity index (χ2n) is 2.48. The van der Waals surface area contributed by atoms with Crippen molar-refractivity contribution in [1.82, 2.24) is 5.16 Å². The van der Waals surface area contributed by atoms with Crippen LogP contribution in [0, 0.1) is 6.92 Å². The van der Waals surface area contributed by atoms with E-state index in [2.05, 4.69) is 9.68 Å². The third-order valence-electron chi connectivity index (χ3n) is 1.36. The molecule has 1 rings (SSSR count). The number of nitrogens with zero attached hydrogens (tertiary/aromatic N) is 1. The van der Waals surface area contributed by atoms with Crippen LogP contribution in [0.2, 0.25) is 0 Å². The van der Waals surface area contributed by atoms with E-state index >= 15 is 0 Å². The zero-order chi connectivity index (χ0) is 9.14. The lowest BCUT2D eigenvalue weighted by Crippen LogP contribution is -2.05. The molecule has 0 radical (unpaired) electrons. The Morgan fingerprint density at radius 1 is 1.83 bits per heavy atom. The van der Waals surface area contributed by atoms with Crippen LogP contribution in [0.15, 0.2) is 10.6 Å². The van der Waals surface area contributed by atoms with Gasteiger partial charge in [-0.05, 0) is 6.92 Å². The number of aliphatic hydroxyl groups excluding tert-OH is 1. The molecule has 5 nitrogen and oxygen atoms in total. The highest BCUT2D eigenvalue weighted by Gasteiger charge is 2.15. The molecule has 1 atom stereocenters. The van der Waals surface area contributed by atoms with E-state index in [1.807, 2.05) is 0 Å². The molecule has 5 heteroatoms. The van der Waals surface area contributed by atoms with Crippen molar-refractivity contribution in [2.75, 3.05) is 0 Å². The summed E-state index contributed by atoms with van der Waals surface area (Å²) in [4.78, 5) is 10.2. The minimum Gasteiger partial charge on any atom is -0.481 e. The molecule has 0 saturated heterocycles. The molecule has 2 N–H and O–H groups in total. The Balaban J connectivity index is 2.64. The highest BCUT2D eigenvalue weighted by molar-refractivity contribution is 5.67. The second kappa shape index (κ2) is 3.36. The molecular formula is C7H9NO4. The van der Waals surface area contributed by atoms with Crippen LogP contribution >= 0.6 is 0 Å². The van der Waals surface area contributed by atoms with Crippen LogP contribution < -0.4 is 0 Å². The van der Waals surface area contributed by atoms with Crippen LogP contribution in [0.4, 0.5) is 0 Å². The SMILES string of the molecule is Cc1cc([C@H](O)CC(=O)O)no1. The Kier molecular flexibility index (Phi) is 2.44. The lowest BCUT2D eigenvalue weighted by molar-refractivity contribution is -0.139. The van der Waals surface area contributed by atoms with Gasteiger partial charge in [-0.1, -0.05) is 5.16 Å². The largest absolute Gasteiger partial charge is 0.481 e. The van der Waals surface area contributed by atoms with Crippen LogP contribution in [0.5, 0.6) is 0 Å². The number of carboxylic acids is 1. The molecular weight excluding hydrogens is 162 g/mol. The Bertz CT molecular complexity index is 281. The van der Waals surface area contributed by atoms with Crippen molar-refractivity contribution >= 4 is 5.97 Å². The molecule has 0 aromatic carbocycles. The van der Waals surface area contributed by atoms with Gasteiger partial charge in [0.2, 0.25) is 0 Å². The van der Waals surface area contributed by atoms with Gasteiger partial charge in [-0.25, -0.2) is 0 Å². The summed E-state index contributed by atoms with van der Waals surface area (Å²) in [6.07, 6.45) is -1.44. The summed E-state index contributed by atoms with van der Waals surface area (Å²) < 4.78 is 4.66. The van der Waals surface area contributed by atoms with Gasteiger partial charge < -0.3 is 14.7 Å². The molecule has 1 aromatic rings. The number of hydrogen-bond donors (Lipinski definition) is 2. The van der Waals surface area contributed by atoms with Crippen molar-refractivity contribution in [3.8, 4) is 0 Å². The number of hydrogen-bond acceptors (Lipinski definition) is 4. The summed E-state index contributed by atoms with van der Waals surface area (Å²) in [7, 11) is 0. The van der Waals surface area contributed by atoms with E-state index in [0.29, 0.717) is 5.76 Å². The van der Waals surface area contributed by atoms with Crippen LogP contribution in [0.1, 0.15) is 24.0 Å². The maximum atomic E-state index is 10.2. The molecule has 0 unspecified atom stereocenters. The van der Waals surface area contributed by atoms with E-state index in [1.54, 1.807) is 6.92 Å². The van der Waals surface area contributed by atoms with Gasteiger partial charge in [0.05, 0.1) is 6.42 Å². The van der Waals surface area contributed by atoms with Crippen LogP contribution in [0.3, 0.4) is 0 Å². The summed E-state index contributed by atoms with van der Waals surface area (Å²) in [5, 5.41) is 21.0. The molecule has 12 heavy (non-hydrogen) atoms. The van der Waals surface area contributed by atoms with Gasteiger partial charge >= 0.3 is 5.97 Å². The van der Waals surface area contributed by atoms with Gasteiger partial charge in [-0.3, -0.25) is 4.79 Å². The molecule has 0 fully saturated rings. The first kappa shape index (κ1) is 8.73. The van der Waals surface area contributed by atoms with Gasteiger partial charge in [0.25, 0.3) is 0 Å². The zero-order valence-corrected chi connectivity index (χ0v) is 6.52. The molecule has 0 aliphatic rings. The quantitative estimate of drug-likeness (QED) is 0.691. The lowest BCUT2D eigenvalue weighted by Gasteiger charge is -2.00. The molecule has 0 amide bonds.